The van der Waals surface area contributed by atoms with Crippen LogP contribution in [0.25, 0.3) is 11.2 Å². The molecular weight excluding hydrogens is 372 g/mol. The first-order valence-corrected chi connectivity index (χ1v) is 9.27. The number of anilines is 1. The van der Waals surface area contributed by atoms with Crippen molar-refractivity contribution in [1.29, 1.82) is 0 Å². The lowest BCUT2D eigenvalue weighted by molar-refractivity contribution is -0.116. The predicted molar refractivity (Wildman–Crippen MR) is 108 cm³/mol. The molecular formula is C20H24N6O3. The summed E-state index contributed by atoms with van der Waals surface area (Å²) in [5.74, 6) is 0.0442. The Labute approximate surface area is 168 Å². The van der Waals surface area contributed by atoms with Gasteiger partial charge in [-0.2, -0.15) is 0 Å². The molecule has 9 nitrogen and oxygen atoms in total. The van der Waals surface area contributed by atoms with Gasteiger partial charge in [0.2, 0.25) is 5.91 Å². The van der Waals surface area contributed by atoms with Crippen molar-refractivity contribution in [2.45, 2.75) is 39.3 Å². The van der Waals surface area contributed by atoms with E-state index < -0.39 is 11.7 Å². The topological polar surface area (TPSA) is 113 Å². The number of aromatic nitrogens is 4. The smallest absolute Gasteiger partial charge is 0.410 e. The average Bonchev–Trinajstić information content (AvgIpc) is 3.14. The highest BCUT2D eigenvalue weighted by Gasteiger charge is 2.23. The van der Waals surface area contributed by atoms with E-state index >= 15 is 0 Å². The van der Waals surface area contributed by atoms with Crippen molar-refractivity contribution in [3.63, 3.8) is 0 Å². The van der Waals surface area contributed by atoms with Crippen molar-refractivity contribution in [3.05, 3.63) is 48.5 Å². The molecule has 29 heavy (non-hydrogen) atoms. The highest BCUT2D eigenvalue weighted by molar-refractivity contribution is 5.96. The zero-order chi connectivity index (χ0) is 20.9. The summed E-state index contributed by atoms with van der Waals surface area (Å²) >= 11 is 0. The number of carbonyl (C=O) groups excluding carboxylic acids is 2. The number of nitrogens with one attached hydrogen (secondary N) is 2. The number of fused-ring (bicyclic) bond motifs is 1. The van der Waals surface area contributed by atoms with Gasteiger partial charge in [0, 0.05) is 19.5 Å². The Morgan fingerprint density at radius 2 is 1.90 bits per heavy atom. The Balaban J connectivity index is 1.66. The minimum Gasteiger partial charge on any atom is -0.444 e. The Kier molecular flexibility index (Phi) is 6.06. The third kappa shape index (κ3) is 5.74. The average molecular weight is 396 g/mol. The van der Waals surface area contributed by atoms with Gasteiger partial charge in [0.05, 0.1) is 6.33 Å². The summed E-state index contributed by atoms with van der Waals surface area (Å²) in [6.07, 6.45) is 2.45. The maximum atomic E-state index is 12.6. The van der Waals surface area contributed by atoms with E-state index in [4.69, 9.17) is 4.74 Å². The van der Waals surface area contributed by atoms with Crippen LogP contribution in [-0.4, -0.2) is 49.0 Å². The lowest BCUT2D eigenvalue weighted by Gasteiger charge is -2.27. The fraction of sp³-hybridized carbons (Fsp3) is 0.350. The number of amides is 2. The maximum absolute atomic E-state index is 12.6. The van der Waals surface area contributed by atoms with Crippen LogP contribution < -0.4 is 5.32 Å². The van der Waals surface area contributed by atoms with Crippen LogP contribution in [0.2, 0.25) is 0 Å². The molecule has 0 aliphatic heterocycles. The number of imidazole rings is 1. The molecule has 3 rings (SSSR count). The highest BCUT2D eigenvalue weighted by Crippen LogP contribution is 2.16. The minimum atomic E-state index is -0.624. The molecule has 2 heterocycles. The molecule has 3 aromatic rings. The molecule has 0 fully saturated rings. The van der Waals surface area contributed by atoms with Crippen molar-refractivity contribution < 1.29 is 14.3 Å². The summed E-state index contributed by atoms with van der Waals surface area (Å²) in [4.78, 5) is 41.7. The first kappa shape index (κ1) is 20.2. The SMILES string of the molecule is CC(C)(C)OC(=O)N(CCC(=O)Nc1ncnc2[nH]cnc12)Cc1ccccc1. The number of rotatable bonds is 6. The van der Waals surface area contributed by atoms with Crippen LogP contribution >= 0.6 is 0 Å². The second-order valence-corrected chi connectivity index (χ2v) is 7.51. The van der Waals surface area contributed by atoms with E-state index in [1.807, 2.05) is 51.1 Å². The second-order valence-electron chi connectivity index (χ2n) is 7.51. The fourth-order valence-electron chi connectivity index (χ4n) is 2.65. The van der Waals surface area contributed by atoms with Gasteiger partial charge in [-0.15, -0.1) is 0 Å². The Hall–Kier alpha value is -3.49. The standard InChI is InChI=1S/C20H24N6O3/c1-20(2,3)29-19(28)26(11-14-7-5-4-6-8-14)10-9-15(27)25-18-16-17(22-12-21-16)23-13-24-18/h4-8,12-13H,9-11H2,1-3H3,(H2,21,22,23,24,25,27). The van der Waals surface area contributed by atoms with Gasteiger partial charge in [0.25, 0.3) is 0 Å². The Bertz CT molecular complexity index is 981. The molecule has 0 atom stereocenters. The number of benzene rings is 1. The number of hydrogen-bond acceptors (Lipinski definition) is 6. The first-order valence-electron chi connectivity index (χ1n) is 9.27. The molecule has 2 N–H and O–H groups in total. The maximum Gasteiger partial charge on any atom is 0.410 e. The number of nitrogens with zero attached hydrogens (tertiary/aromatic N) is 4. The zero-order valence-electron chi connectivity index (χ0n) is 16.7. The Morgan fingerprint density at radius 1 is 1.14 bits per heavy atom. The van der Waals surface area contributed by atoms with E-state index in [2.05, 4.69) is 25.3 Å². The molecule has 0 spiro atoms. The van der Waals surface area contributed by atoms with Gasteiger partial charge in [-0.1, -0.05) is 30.3 Å². The van der Waals surface area contributed by atoms with Gasteiger partial charge in [-0.3, -0.25) is 4.79 Å². The van der Waals surface area contributed by atoms with Crippen LogP contribution in [0.1, 0.15) is 32.8 Å². The molecule has 0 saturated heterocycles. The molecule has 2 aromatic heterocycles. The first-order chi connectivity index (χ1) is 13.8. The predicted octanol–water partition coefficient (Wildman–Crippen LogP) is 3.12. The van der Waals surface area contributed by atoms with Gasteiger partial charge in [-0.25, -0.2) is 19.7 Å². The molecule has 9 heteroatoms. The molecule has 0 unspecified atom stereocenters. The van der Waals surface area contributed by atoms with Crippen molar-refractivity contribution in [2.24, 2.45) is 0 Å². The molecule has 1 aromatic carbocycles. The molecule has 0 aliphatic rings. The normalized spacial score (nSPS) is 11.3. The van der Waals surface area contributed by atoms with Crippen LogP contribution in [0.5, 0.6) is 0 Å². The molecule has 152 valence electrons. The quantitative estimate of drug-likeness (QED) is 0.662. The largest absolute Gasteiger partial charge is 0.444 e. The summed E-state index contributed by atoms with van der Waals surface area (Å²) in [6.45, 7) is 5.97. The number of aromatic amines is 1. The van der Waals surface area contributed by atoms with Gasteiger partial charge < -0.3 is 19.9 Å². The lowest BCUT2D eigenvalue weighted by atomic mass is 10.2. The molecule has 0 radical (unpaired) electrons. The van der Waals surface area contributed by atoms with Gasteiger partial charge in [0.15, 0.2) is 17.0 Å². The molecule has 0 bridgehead atoms. The van der Waals surface area contributed by atoms with Crippen molar-refractivity contribution in [3.8, 4) is 0 Å². The van der Waals surface area contributed by atoms with E-state index in [0.29, 0.717) is 23.5 Å². The van der Waals surface area contributed by atoms with E-state index in [-0.39, 0.29) is 18.9 Å². The number of H-pyrrole nitrogens is 1. The van der Waals surface area contributed by atoms with E-state index in [0.717, 1.165) is 5.56 Å². The van der Waals surface area contributed by atoms with E-state index in [1.165, 1.54) is 17.6 Å². The Morgan fingerprint density at radius 3 is 2.62 bits per heavy atom. The highest BCUT2D eigenvalue weighted by atomic mass is 16.6. The summed E-state index contributed by atoms with van der Waals surface area (Å²) < 4.78 is 5.49. The third-order valence-electron chi connectivity index (χ3n) is 3.95. The van der Waals surface area contributed by atoms with Crippen molar-refractivity contribution in [1.82, 2.24) is 24.8 Å². The van der Waals surface area contributed by atoms with Gasteiger partial charge in [-0.05, 0) is 26.3 Å². The third-order valence-corrected chi connectivity index (χ3v) is 3.95. The summed E-state index contributed by atoms with van der Waals surface area (Å²) in [6, 6.07) is 9.56. The van der Waals surface area contributed by atoms with Crippen LogP contribution in [0.3, 0.4) is 0 Å². The monoisotopic (exact) mass is 396 g/mol. The number of carbonyl (C=O) groups is 2. The van der Waals surface area contributed by atoms with Crippen LogP contribution in [0, 0.1) is 0 Å². The van der Waals surface area contributed by atoms with Crippen molar-refractivity contribution in [2.75, 3.05) is 11.9 Å². The lowest BCUT2D eigenvalue weighted by Crippen LogP contribution is -2.38. The van der Waals surface area contributed by atoms with Crippen LogP contribution in [-0.2, 0) is 16.1 Å². The summed E-state index contributed by atoms with van der Waals surface area (Å²) in [5.41, 5.74) is 1.34. The minimum absolute atomic E-state index is 0.0853. The summed E-state index contributed by atoms with van der Waals surface area (Å²) in [7, 11) is 0. The van der Waals surface area contributed by atoms with Gasteiger partial charge >= 0.3 is 6.09 Å². The summed E-state index contributed by atoms with van der Waals surface area (Å²) in [5, 5.41) is 2.73. The van der Waals surface area contributed by atoms with E-state index in [9.17, 15) is 9.59 Å². The second kappa shape index (κ2) is 8.68. The number of hydrogen-bond donors (Lipinski definition) is 2. The molecule has 2 amide bonds. The number of ether oxygens (including phenoxy) is 1. The zero-order valence-corrected chi connectivity index (χ0v) is 16.7. The fourth-order valence-corrected chi connectivity index (χ4v) is 2.65. The van der Waals surface area contributed by atoms with Gasteiger partial charge in [0.1, 0.15) is 11.9 Å². The van der Waals surface area contributed by atoms with Crippen molar-refractivity contribution >= 4 is 29.0 Å². The molecule has 0 saturated carbocycles. The van der Waals surface area contributed by atoms with Crippen LogP contribution in [0.4, 0.5) is 10.6 Å². The van der Waals surface area contributed by atoms with E-state index in [1.54, 1.807) is 0 Å². The molecule has 0 aliphatic carbocycles. The van der Waals surface area contributed by atoms with Crippen LogP contribution in [0.15, 0.2) is 43.0 Å².